The average molecular weight is 369 g/mol. The molecule has 0 spiro atoms. The number of nitrogens with one attached hydrogen (secondary N) is 1. The van der Waals surface area contributed by atoms with E-state index in [9.17, 15) is 8.78 Å². The van der Waals surface area contributed by atoms with E-state index in [0.29, 0.717) is 17.8 Å². The first kappa shape index (κ1) is 17.6. The van der Waals surface area contributed by atoms with Crippen LogP contribution in [0.5, 0.6) is 0 Å². The highest BCUT2D eigenvalue weighted by Gasteiger charge is 2.21. The minimum absolute atomic E-state index is 0.339. The first-order valence-corrected chi connectivity index (χ1v) is 8.99. The highest BCUT2D eigenvalue weighted by molar-refractivity contribution is 5.63. The van der Waals surface area contributed by atoms with Crippen LogP contribution in [-0.2, 0) is 6.54 Å². The molecular formula is C20H21F2N5. The van der Waals surface area contributed by atoms with E-state index in [0.717, 1.165) is 49.3 Å². The van der Waals surface area contributed by atoms with Crippen LogP contribution in [0.15, 0.2) is 42.6 Å². The highest BCUT2D eigenvalue weighted by atomic mass is 19.1. The summed E-state index contributed by atoms with van der Waals surface area (Å²) >= 11 is 0. The number of rotatable bonds is 4. The summed E-state index contributed by atoms with van der Waals surface area (Å²) in [5.74, 6) is -0.166. The van der Waals surface area contributed by atoms with Crippen LogP contribution in [0.4, 0.5) is 14.6 Å². The van der Waals surface area contributed by atoms with Crippen LogP contribution in [0.1, 0.15) is 11.3 Å². The monoisotopic (exact) mass is 369 g/mol. The third-order valence-electron chi connectivity index (χ3n) is 4.88. The molecule has 4 rings (SSSR count). The Bertz CT molecular complexity index is 932. The number of piperazine rings is 1. The zero-order chi connectivity index (χ0) is 18.8. The van der Waals surface area contributed by atoms with E-state index in [4.69, 9.17) is 0 Å². The molecule has 1 aliphatic heterocycles. The van der Waals surface area contributed by atoms with Crippen LogP contribution in [0.3, 0.4) is 0 Å². The van der Waals surface area contributed by atoms with Gasteiger partial charge in [-0.1, -0.05) is 6.07 Å². The Morgan fingerprint density at radius 1 is 1.07 bits per heavy atom. The Hall–Kier alpha value is -2.80. The second-order valence-corrected chi connectivity index (χ2v) is 6.79. The predicted octanol–water partition coefficient (Wildman–Crippen LogP) is 3.38. The summed E-state index contributed by atoms with van der Waals surface area (Å²) in [4.78, 5) is 9.17. The Morgan fingerprint density at radius 2 is 1.89 bits per heavy atom. The number of hydrogen-bond acceptors (Lipinski definition) is 4. The van der Waals surface area contributed by atoms with Crippen molar-refractivity contribution in [2.45, 2.75) is 13.5 Å². The highest BCUT2D eigenvalue weighted by Crippen LogP contribution is 2.26. The van der Waals surface area contributed by atoms with Crippen molar-refractivity contribution in [3.63, 3.8) is 0 Å². The van der Waals surface area contributed by atoms with Gasteiger partial charge < -0.3 is 4.90 Å². The fourth-order valence-electron chi connectivity index (χ4n) is 3.44. The number of aromatic amines is 1. The average Bonchev–Trinajstić information content (AvgIpc) is 3.10. The van der Waals surface area contributed by atoms with Gasteiger partial charge in [0.1, 0.15) is 17.5 Å². The molecule has 3 heterocycles. The summed E-state index contributed by atoms with van der Waals surface area (Å²) in [6, 6.07) is 9.66. The van der Waals surface area contributed by atoms with Crippen molar-refractivity contribution >= 4 is 5.82 Å². The van der Waals surface area contributed by atoms with E-state index in [-0.39, 0.29) is 0 Å². The number of hydrogen-bond donors (Lipinski definition) is 1. The molecule has 0 amide bonds. The Morgan fingerprint density at radius 3 is 2.63 bits per heavy atom. The van der Waals surface area contributed by atoms with E-state index in [2.05, 4.69) is 25.0 Å². The summed E-state index contributed by atoms with van der Waals surface area (Å²) in [5.41, 5.74) is 2.86. The second-order valence-electron chi connectivity index (χ2n) is 6.79. The van der Waals surface area contributed by atoms with Crippen molar-refractivity contribution in [3.05, 3.63) is 65.5 Å². The smallest absolute Gasteiger partial charge is 0.135 e. The Balaban J connectivity index is 1.44. The largest absolute Gasteiger partial charge is 0.354 e. The molecule has 1 fully saturated rings. The summed E-state index contributed by atoms with van der Waals surface area (Å²) in [6.07, 6.45) is 1.71. The van der Waals surface area contributed by atoms with E-state index >= 15 is 0 Å². The van der Waals surface area contributed by atoms with Gasteiger partial charge >= 0.3 is 0 Å². The van der Waals surface area contributed by atoms with Gasteiger partial charge in [-0.15, -0.1) is 0 Å². The fraction of sp³-hybridized carbons (Fsp3) is 0.300. The lowest BCUT2D eigenvalue weighted by atomic mass is 10.1. The van der Waals surface area contributed by atoms with Gasteiger partial charge in [-0.25, -0.2) is 13.8 Å². The van der Waals surface area contributed by atoms with Gasteiger partial charge in [0.2, 0.25) is 0 Å². The molecule has 5 nitrogen and oxygen atoms in total. The van der Waals surface area contributed by atoms with Crippen LogP contribution in [0.25, 0.3) is 11.3 Å². The minimum Gasteiger partial charge on any atom is -0.354 e. The third kappa shape index (κ3) is 3.83. The maximum Gasteiger partial charge on any atom is 0.135 e. The first-order valence-electron chi connectivity index (χ1n) is 8.99. The number of aromatic nitrogens is 3. The fourth-order valence-corrected chi connectivity index (χ4v) is 3.44. The molecular weight excluding hydrogens is 348 g/mol. The third-order valence-corrected chi connectivity index (χ3v) is 4.88. The zero-order valence-electron chi connectivity index (χ0n) is 15.1. The van der Waals surface area contributed by atoms with E-state index < -0.39 is 11.6 Å². The van der Waals surface area contributed by atoms with Crippen molar-refractivity contribution in [1.82, 2.24) is 20.1 Å². The lowest BCUT2D eigenvalue weighted by Gasteiger charge is -2.35. The van der Waals surface area contributed by atoms with Crippen LogP contribution >= 0.6 is 0 Å². The number of nitrogens with zero attached hydrogens (tertiary/aromatic N) is 4. The number of benzene rings is 1. The van der Waals surface area contributed by atoms with E-state index in [1.54, 1.807) is 6.20 Å². The molecule has 1 aliphatic rings. The molecule has 0 unspecified atom stereocenters. The quantitative estimate of drug-likeness (QED) is 0.766. The number of H-pyrrole nitrogens is 1. The number of pyridine rings is 1. The topological polar surface area (TPSA) is 48.0 Å². The zero-order valence-corrected chi connectivity index (χ0v) is 15.1. The molecule has 2 aromatic heterocycles. The molecule has 0 saturated carbocycles. The maximum absolute atomic E-state index is 14.1. The molecule has 0 bridgehead atoms. The van der Waals surface area contributed by atoms with Crippen LogP contribution in [0.2, 0.25) is 0 Å². The molecule has 0 radical (unpaired) electrons. The maximum atomic E-state index is 14.1. The van der Waals surface area contributed by atoms with Crippen LogP contribution in [0, 0.1) is 18.6 Å². The van der Waals surface area contributed by atoms with Crippen LogP contribution in [-0.4, -0.2) is 46.3 Å². The standard InChI is InChI=1S/C20H21F2N5/c1-14-3-2-4-19(24-14)27-9-7-26(8-10-27)13-15-12-23-25-20(15)17-6-5-16(21)11-18(17)22/h2-6,11-12H,7-10,13H2,1H3,(H,23,25). The molecule has 1 saturated heterocycles. The Kier molecular flexibility index (Phi) is 4.85. The minimum atomic E-state index is -0.587. The lowest BCUT2D eigenvalue weighted by molar-refractivity contribution is 0.249. The van der Waals surface area contributed by atoms with Crippen molar-refractivity contribution in [3.8, 4) is 11.3 Å². The van der Waals surface area contributed by atoms with Crippen molar-refractivity contribution < 1.29 is 8.78 Å². The molecule has 1 aromatic carbocycles. The molecule has 140 valence electrons. The number of aryl methyl sites for hydroxylation is 1. The molecule has 0 atom stereocenters. The van der Waals surface area contributed by atoms with Gasteiger partial charge in [0.15, 0.2) is 0 Å². The van der Waals surface area contributed by atoms with Crippen LogP contribution < -0.4 is 4.90 Å². The first-order chi connectivity index (χ1) is 13.1. The molecule has 1 N–H and O–H groups in total. The lowest BCUT2D eigenvalue weighted by Crippen LogP contribution is -2.46. The summed E-state index contributed by atoms with van der Waals surface area (Å²) in [7, 11) is 0. The summed E-state index contributed by atoms with van der Waals surface area (Å²) in [6.45, 7) is 6.19. The predicted molar refractivity (Wildman–Crippen MR) is 100 cm³/mol. The summed E-state index contributed by atoms with van der Waals surface area (Å²) < 4.78 is 27.3. The molecule has 0 aliphatic carbocycles. The van der Waals surface area contributed by atoms with Gasteiger partial charge in [0.25, 0.3) is 0 Å². The van der Waals surface area contributed by atoms with Gasteiger partial charge in [-0.05, 0) is 31.2 Å². The molecule has 7 heteroatoms. The van der Waals surface area contributed by atoms with Crippen molar-refractivity contribution in [2.75, 3.05) is 31.1 Å². The SMILES string of the molecule is Cc1cccc(N2CCN(Cc3cn[nH]c3-c3ccc(F)cc3F)CC2)n1. The van der Waals surface area contributed by atoms with Crippen molar-refractivity contribution in [1.29, 1.82) is 0 Å². The number of halogens is 2. The normalized spacial score (nSPS) is 15.3. The van der Waals surface area contributed by atoms with E-state index in [1.807, 2.05) is 25.1 Å². The van der Waals surface area contributed by atoms with Gasteiger partial charge in [0, 0.05) is 55.6 Å². The molecule has 27 heavy (non-hydrogen) atoms. The van der Waals surface area contributed by atoms with Crippen molar-refractivity contribution in [2.24, 2.45) is 0 Å². The number of anilines is 1. The van der Waals surface area contributed by atoms with E-state index in [1.165, 1.54) is 12.1 Å². The summed E-state index contributed by atoms with van der Waals surface area (Å²) in [5, 5.41) is 6.92. The Labute approximate surface area is 156 Å². The van der Waals surface area contributed by atoms with Gasteiger partial charge in [-0.3, -0.25) is 10.00 Å². The second kappa shape index (κ2) is 7.44. The molecule has 3 aromatic rings. The van der Waals surface area contributed by atoms with Gasteiger partial charge in [0.05, 0.1) is 11.9 Å². The van der Waals surface area contributed by atoms with Gasteiger partial charge in [-0.2, -0.15) is 5.10 Å².